The highest BCUT2D eigenvalue weighted by molar-refractivity contribution is 5.78. The third kappa shape index (κ3) is 3.27. The molecule has 1 heterocycles. The van der Waals surface area contributed by atoms with Crippen LogP contribution in [0.2, 0.25) is 0 Å². The molecule has 0 spiro atoms. The zero-order valence-electron chi connectivity index (χ0n) is 10.3. The highest BCUT2D eigenvalue weighted by atomic mass is 16.3. The summed E-state index contributed by atoms with van der Waals surface area (Å²) in [5.74, 6) is 0. The molecular weight excluding hydrogens is 210 g/mol. The van der Waals surface area contributed by atoms with Gasteiger partial charge in [-0.2, -0.15) is 0 Å². The zero-order valence-corrected chi connectivity index (χ0v) is 10.3. The Bertz CT molecular complexity index is 481. The molecule has 2 rings (SSSR count). The minimum atomic E-state index is -0.157. The fourth-order valence-corrected chi connectivity index (χ4v) is 1.97. The molecule has 1 N–H and O–H groups in total. The number of para-hydroxylation sites is 1. The number of aryl methyl sites for hydroxylation is 1. The average molecular weight is 229 g/mol. The van der Waals surface area contributed by atoms with E-state index in [4.69, 9.17) is 0 Å². The highest BCUT2D eigenvalue weighted by Crippen LogP contribution is 2.13. The molecule has 0 aliphatic rings. The topological polar surface area (TPSA) is 33.1 Å². The molecule has 17 heavy (non-hydrogen) atoms. The largest absolute Gasteiger partial charge is 0.393 e. The van der Waals surface area contributed by atoms with E-state index >= 15 is 0 Å². The third-order valence-corrected chi connectivity index (χ3v) is 3.10. The van der Waals surface area contributed by atoms with Crippen molar-refractivity contribution in [3.05, 3.63) is 42.1 Å². The Morgan fingerprint density at radius 1 is 1.18 bits per heavy atom. The molecule has 0 radical (unpaired) electrons. The molecule has 2 heteroatoms. The molecule has 1 unspecified atom stereocenters. The van der Waals surface area contributed by atoms with Gasteiger partial charge in [0.15, 0.2) is 0 Å². The minimum Gasteiger partial charge on any atom is -0.393 e. The van der Waals surface area contributed by atoms with Crippen LogP contribution in [0.25, 0.3) is 10.9 Å². The molecule has 1 aromatic heterocycles. The van der Waals surface area contributed by atoms with Crippen LogP contribution in [-0.4, -0.2) is 16.2 Å². The summed E-state index contributed by atoms with van der Waals surface area (Å²) in [7, 11) is 0. The normalized spacial score (nSPS) is 12.8. The summed E-state index contributed by atoms with van der Waals surface area (Å²) in [4.78, 5) is 4.62. The van der Waals surface area contributed by atoms with Crippen LogP contribution in [-0.2, 0) is 6.42 Å². The van der Waals surface area contributed by atoms with Crippen LogP contribution >= 0.6 is 0 Å². The molecule has 1 atom stereocenters. The van der Waals surface area contributed by atoms with Crippen LogP contribution in [0.4, 0.5) is 0 Å². The fraction of sp³-hybridized carbons (Fsp3) is 0.400. The maximum Gasteiger partial charge on any atom is 0.0705 e. The number of hydrogen-bond donors (Lipinski definition) is 1. The van der Waals surface area contributed by atoms with Gasteiger partial charge in [-0.15, -0.1) is 0 Å². The van der Waals surface area contributed by atoms with E-state index in [1.54, 1.807) is 0 Å². The van der Waals surface area contributed by atoms with Gasteiger partial charge in [0.25, 0.3) is 0 Å². The Balaban J connectivity index is 1.99. The summed E-state index contributed by atoms with van der Waals surface area (Å²) in [6.45, 7) is 2.01. The van der Waals surface area contributed by atoms with Crippen LogP contribution in [0, 0.1) is 0 Å². The predicted octanol–water partition coefficient (Wildman–Crippen LogP) is 3.33. The number of benzene rings is 1. The molecule has 0 saturated heterocycles. The number of fused-ring (bicyclic) bond motifs is 1. The van der Waals surface area contributed by atoms with Crippen LogP contribution in [0.5, 0.6) is 0 Å². The van der Waals surface area contributed by atoms with E-state index < -0.39 is 0 Å². The van der Waals surface area contributed by atoms with Crippen molar-refractivity contribution in [2.75, 3.05) is 0 Å². The Morgan fingerprint density at radius 3 is 2.82 bits per heavy atom. The lowest BCUT2D eigenvalue weighted by atomic mass is 10.1. The van der Waals surface area contributed by atoms with Gasteiger partial charge in [-0.05, 0) is 37.8 Å². The Hall–Kier alpha value is -1.41. The maximum absolute atomic E-state index is 9.49. The van der Waals surface area contributed by atoms with E-state index in [0.717, 1.165) is 36.9 Å². The van der Waals surface area contributed by atoms with Gasteiger partial charge in [0.1, 0.15) is 0 Å². The van der Waals surface area contributed by atoms with Crippen molar-refractivity contribution in [1.82, 2.24) is 4.98 Å². The van der Waals surface area contributed by atoms with Crippen LogP contribution < -0.4 is 0 Å². The first-order valence-electron chi connectivity index (χ1n) is 6.32. The fourth-order valence-electron chi connectivity index (χ4n) is 1.97. The molecule has 0 fully saturated rings. The van der Waals surface area contributed by atoms with E-state index in [9.17, 15) is 5.11 Å². The Kier molecular flexibility index (Phi) is 4.10. The molecular formula is C15H19NO. The van der Waals surface area contributed by atoms with Crippen molar-refractivity contribution in [2.24, 2.45) is 0 Å². The molecule has 0 amide bonds. The second-order valence-corrected chi connectivity index (χ2v) is 4.45. The van der Waals surface area contributed by atoms with Gasteiger partial charge in [-0.3, -0.25) is 4.98 Å². The maximum atomic E-state index is 9.49. The first-order valence-corrected chi connectivity index (χ1v) is 6.32. The zero-order chi connectivity index (χ0) is 12.1. The lowest BCUT2D eigenvalue weighted by Crippen LogP contribution is -2.04. The first-order chi connectivity index (χ1) is 8.29. The van der Waals surface area contributed by atoms with E-state index in [1.165, 1.54) is 5.39 Å². The van der Waals surface area contributed by atoms with E-state index in [1.807, 2.05) is 25.1 Å². The summed E-state index contributed by atoms with van der Waals surface area (Å²) in [6, 6.07) is 12.4. The molecule has 0 bridgehead atoms. The lowest BCUT2D eigenvalue weighted by Gasteiger charge is -2.07. The standard InChI is InChI=1S/C15H19NO/c1-2-14(17)8-5-7-13-11-10-12-6-3-4-9-15(12)16-13/h3-4,6,9-11,14,17H,2,5,7-8H2,1H3. The summed E-state index contributed by atoms with van der Waals surface area (Å²) in [5.41, 5.74) is 2.17. The summed E-state index contributed by atoms with van der Waals surface area (Å²) >= 11 is 0. The lowest BCUT2D eigenvalue weighted by molar-refractivity contribution is 0.157. The number of aliphatic hydroxyl groups is 1. The molecule has 90 valence electrons. The summed E-state index contributed by atoms with van der Waals surface area (Å²) in [6.07, 6.45) is 3.49. The van der Waals surface area contributed by atoms with Crippen molar-refractivity contribution in [1.29, 1.82) is 0 Å². The van der Waals surface area contributed by atoms with Gasteiger partial charge in [-0.1, -0.05) is 31.2 Å². The molecule has 2 aromatic rings. The number of rotatable bonds is 5. The minimum absolute atomic E-state index is 0.157. The van der Waals surface area contributed by atoms with Gasteiger partial charge < -0.3 is 5.11 Å². The number of aromatic nitrogens is 1. The Labute approximate surface area is 102 Å². The highest BCUT2D eigenvalue weighted by Gasteiger charge is 2.02. The van der Waals surface area contributed by atoms with Gasteiger partial charge in [0, 0.05) is 11.1 Å². The second-order valence-electron chi connectivity index (χ2n) is 4.45. The van der Waals surface area contributed by atoms with E-state index in [2.05, 4.69) is 23.2 Å². The van der Waals surface area contributed by atoms with Crippen molar-refractivity contribution in [3.63, 3.8) is 0 Å². The van der Waals surface area contributed by atoms with Gasteiger partial charge in [-0.25, -0.2) is 0 Å². The monoisotopic (exact) mass is 229 g/mol. The van der Waals surface area contributed by atoms with Gasteiger partial charge in [0.05, 0.1) is 11.6 Å². The molecule has 2 nitrogen and oxygen atoms in total. The van der Waals surface area contributed by atoms with Crippen LogP contribution in [0.15, 0.2) is 36.4 Å². The number of pyridine rings is 1. The van der Waals surface area contributed by atoms with Crippen molar-refractivity contribution < 1.29 is 5.11 Å². The number of hydrogen-bond acceptors (Lipinski definition) is 2. The quantitative estimate of drug-likeness (QED) is 0.853. The number of aliphatic hydroxyl groups excluding tert-OH is 1. The van der Waals surface area contributed by atoms with Crippen molar-refractivity contribution in [2.45, 2.75) is 38.7 Å². The third-order valence-electron chi connectivity index (χ3n) is 3.10. The Morgan fingerprint density at radius 2 is 2.00 bits per heavy atom. The summed E-state index contributed by atoms with van der Waals surface area (Å²) in [5, 5.41) is 10.7. The molecule has 0 aliphatic heterocycles. The molecule has 0 saturated carbocycles. The molecule has 1 aromatic carbocycles. The number of nitrogens with zero attached hydrogens (tertiary/aromatic N) is 1. The van der Waals surface area contributed by atoms with Crippen molar-refractivity contribution in [3.8, 4) is 0 Å². The van der Waals surface area contributed by atoms with Crippen LogP contribution in [0.3, 0.4) is 0 Å². The summed E-state index contributed by atoms with van der Waals surface area (Å²) < 4.78 is 0. The van der Waals surface area contributed by atoms with E-state index in [-0.39, 0.29) is 6.10 Å². The van der Waals surface area contributed by atoms with E-state index in [0.29, 0.717) is 0 Å². The smallest absolute Gasteiger partial charge is 0.0705 e. The van der Waals surface area contributed by atoms with Gasteiger partial charge >= 0.3 is 0 Å². The SMILES string of the molecule is CCC(O)CCCc1ccc2ccccc2n1. The molecule has 0 aliphatic carbocycles. The van der Waals surface area contributed by atoms with Crippen LogP contribution in [0.1, 0.15) is 31.9 Å². The van der Waals surface area contributed by atoms with Gasteiger partial charge in [0.2, 0.25) is 0 Å². The first kappa shape index (κ1) is 12.1. The second kappa shape index (κ2) is 5.78. The van der Waals surface area contributed by atoms with Crippen molar-refractivity contribution >= 4 is 10.9 Å². The average Bonchev–Trinajstić information content (AvgIpc) is 2.38. The predicted molar refractivity (Wildman–Crippen MR) is 71.0 cm³/mol.